The van der Waals surface area contributed by atoms with Crippen LogP contribution in [0.5, 0.6) is 0 Å². The Morgan fingerprint density at radius 3 is 3.25 bits per heavy atom. The van der Waals surface area contributed by atoms with Gasteiger partial charge in [-0.2, -0.15) is 0 Å². The van der Waals surface area contributed by atoms with E-state index in [1.807, 2.05) is 24.3 Å². The monoisotopic (exact) mass is 164 g/mol. The number of hydrogen-bond donors (Lipinski definition) is 1. The topological polar surface area (TPSA) is 38.3 Å². The van der Waals surface area contributed by atoms with Crippen molar-refractivity contribution in [1.29, 1.82) is 0 Å². The Hall–Kier alpha value is -1.35. The van der Waals surface area contributed by atoms with E-state index >= 15 is 0 Å². The number of anilines is 1. The Labute approximate surface area is 71.8 Å². The fraction of sp³-hybridized carbons (Fsp3) is 0.222. The first-order chi connectivity index (χ1) is 5.90. The van der Waals surface area contributed by atoms with Crippen LogP contribution < -0.4 is 5.32 Å². The number of carbonyl (C=O) groups excluding carboxylic acids is 1. The summed E-state index contributed by atoms with van der Waals surface area (Å²) in [6.07, 6.45) is 0.274. The molecule has 62 valence electrons. The average molecular weight is 164 g/mol. The van der Waals surface area contributed by atoms with Gasteiger partial charge in [0.15, 0.2) is 12.5 Å². The summed E-state index contributed by atoms with van der Waals surface area (Å²) in [7, 11) is 0. The maximum atomic E-state index is 10.4. The SMILES string of the molecule is O=CC1Nc2ccccc2CO1.[H+]. The van der Waals surface area contributed by atoms with Crippen molar-refractivity contribution in [3.8, 4) is 0 Å². The largest absolute Gasteiger partial charge is 1.00 e. The van der Waals surface area contributed by atoms with E-state index in [0.717, 1.165) is 17.5 Å². The highest BCUT2D eigenvalue weighted by Gasteiger charge is 2.15. The predicted octanol–water partition coefficient (Wildman–Crippen LogP) is 1.27. The summed E-state index contributed by atoms with van der Waals surface area (Å²) < 4.78 is 5.17. The van der Waals surface area contributed by atoms with Crippen LogP contribution in [0.15, 0.2) is 24.3 Å². The Balaban J connectivity index is 0.000000845. The van der Waals surface area contributed by atoms with Crippen molar-refractivity contribution in [2.24, 2.45) is 0 Å². The summed E-state index contributed by atoms with van der Waals surface area (Å²) >= 11 is 0. The number of fused-ring (bicyclic) bond motifs is 1. The molecule has 0 aliphatic carbocycles. The molecule has 2 rings (SSSR count). The van der Waals surface area contributed by atoms with Crippen molar-refractivity contribution < 1.29 is 11.0 Å². The molecule has 0 radical (unpaired) electrons. The van der Waals surface area contributed by atoms with Crippen LogP contribution in [0, 0.1) is 0 Å². The molecule has 0 saturated heterocycles. The summed E-state index contributed by atoms with van der Waals surface area (Å²) in [5.41, 5.74) is 2.08. The number of para-hydroxylation sites is 1. The minimum atomic E-state index is -0.486. The third kappa shape index (κ3) is 1.19. The van der Waals surface area contributed by atoms with Crippen molar-refractivity contribution in [1.82, 2.24) is 0 Å². The fourth-order valence-electron chi connectivity index (χ4n) is 1.23. The van der Waals surface area contributed by atoms with E-state index in [4.69, 9.17) is 4.74 Å². The molecular weight excluding hydrogens is 154 g/mol. The van der Waals surface area contributed by atoms with Crippen molar-refractivity contribution in [3.05, 3.63) is 29.8 Å². The third-order valence-corrected chi connectivity index (χ3v) is 1.86. The highest BCUT2D eigenvalue weighted by atomic mass is 16.5. The standard InChI is InChI=1S/C9H9NO2/c11-5-9-10-8-4-2-1-3-7(8)6-12-9/h1-5,9-10H,6H2/p+1. The lowest BCUT2D eigenvalue weighted by atomic mass is 10.1. The molecule has 1 aromatic carbocycles. The number of nitrogens with one attached hydrogen (secondary N) is 1. The van der Waals surface area contributed by atoms with Crippen LogP contribution in [-0.2, 0) is 16.1 Å². The van der Waals surface area contributed by atoms with Gasteiger partial charge >= 0.3 is 1.43 Å². The van der Waals surface area contributed by atoms with Gasteiger partial charge in [-0.3, -0.25) is 4.79 Å². The normalized spacial score (nSPS) is 20.8. The molecule has 1 atom stereocenters. The van der Waals surface area contributed by atoms with Crippen molar-refractivity contribution in [2.45, 2.75) is 12.8 Å². The molecule has 1 aliphatic rings. The van der Waals surface area contributed by atoms with E-state index in [9.17, 15) is 4.79 Å². The third-order valence-electron chi connectivity index (χ3n) is 1.86. The molecule has 0 spiro atoms. The van der Waals surface area contributed by atoms with Crippen molar-refractivity contribution in [3.63, 3.8) is 0 Å². The first-order valence-electron chi connectivity index (χ1n) is 3.81. The predicted molar refractivity (Wildman–Crippen MR) is 45.8 cm³/mol. The van der Waals surface area contributed by atoms with Crippen LogP contribution in [-0.4, -0.2) is 12.5 Å². The molecule has 1 aromatic rings. The lowest BCUT2D eigenvalue weighted by molar-refractivity contribution is -0.117. The van der Waals surface area contributed by atoms with Gasteiger partial charge in [-0.05, 0) is 6.07 Å². The van der Waals surface area contributed by atoms with Gasteiger partial charge < -0.3 is 10.1 Å². The van der Waals surface area contributed by atoms with Gasteiger partial charge in [0.05, 0.1) is 6.61 Å². The second-order valence-corrected chi connectivity index (χ2v) is 2.67. The number of rotatable bonds is 1. The lowest BCUT2D eigenvalue weighted by Gasteiger charge is -2.23. The minimum absolute atomic E-state index is 0. The van der Waals surface area contributed by atoms with E-state index in [0.29, 0.717) is 6.61 Å². The molecular formula is C9H10NO2+. The lowest BCUT2D eigenvalue weighted by Crippen LogP contribution is -2.29. The minimum Gasteiger partial charge on any atom is -0.354 e. The van der Waals surface area contributed by atoms with Gasteiger partial charge in [0, 0.05) is 11.3 Å². The first-order valence-corrected chi connectivity index (χ1v) is 3.81. The molecule has 12 heavy (non-hydrogen) atoms. The van der Waals surface area contributed by atoms with E-state index < -0.39 is 6.23 Å². The van der Waals surface area contributed by atoms with Crippen LogP contribution >= 0.6 is 0 Å². The van der Waals surface area contributed by atoms with Crippen LogP contribution in [0.2, 0.25) is 0 Å². The summed E-state index contributed by atoms with van der Waals surface area (Å²) in [4.78, 5) is 10.4. The van der Waals surface area contributed by atoms with E-state index in [1.165, 1.54) is 0 Å². The second-order valence-electron chi connectivity index (χ2n) is 2.67. The Morgan fingerprint density at radius 2 is 2.42 bits per heavy atom. The highest BCUT2D eigenvalue weighted by molar-refractivity contribution is 5.65. The zero-order valence-electron chi connectivity index (χ0n) is 7.49. The van der Waals surface area contributed by atoms with Crippen LogP contribution in [0.1, 0.15) is 6.99 Å². The second kappa shape index (κ2) is 2.95. The number of ether oxygens (including phenoxy) is 1. The van der Waals surface area contributed by atoms with Crippen LogP contribution in [0.3, 0.4) is 0 Å². The molecule has 0 saturated carbocycles. The first kappa shape index (κ1) is 7.31. The number of carbonyl (C=O) groups is 1. The van der Waals surface area contributed by atoms with E-state index in [2.05, 4.69) is 5.32 Å². The number of aldehydes is 1. The molecule has 0 aromatic heterocycles. The Kier molecular flexibility index (Phi) is 1.80. The average Bonchev–Trinajstić information content (AvgIpc) is 2.17. The maximum Gasteiger partial charge on any atom is 1.00 e. The summed E-state index contributed by atoms with van der Waals surface area (Å²) in [5.74, 6) is 0. The van der Waals surface area contributed by atoms with Crippen LogP contribution in [0.25, 0.3) is 0 Å². The quantitative estimate of drug-likeness (QED) is 0.635. The maximum absolute atomic E-state index is 10.4. The molecule has 1 N–H and O–H groups in total. The molecule has 1 unspecified atom stereocenters. The smallest absolute Gasteiger partial charge is 0.354 e. The van der Waals surface area contributed by atoms with Gasteiger partial charge in [0.2, 0.25) is 0 Å². The van der Waals surface area contributed by atoms with E-state index in [1.54, 1.807) is 0 Å². The molecule has 0 amide bonds. The molecule has 0 fully saturated rings. The fourth-order valence-corrected chi connectivity index (χ4v) is 1.23. The van der Waals surface area contributed by atoms with Crippen LogP contribution in [0.4, 0.5) is 5.69 Å². The summed E-state index contributed by atoms with van der Waals surface area (Å²) in [6, 6.07) is 7.79. The van der Waals surface area contributed by atoms with Gasteiger partial charge in [-0.25, -0.2) is 0 Å². The molecule has 3 nitrogen and oxygen atoms in total. The zero-order valence-corrected chi connectivity index (χ0v) is 6.49. The number of benzene rings is 1. The van der Waals surface area contributed by atoms with Gasteiger partial charge in [-0.1, -0.05) is 18.2 Å². The summed E-state index contributed by atoms with van der Waals surface area (Å²) in [6.45, 7) is 0.507. The number of hydrogen-bond acceptors (Lipinski definition) is 3. The molecule has 1 aliphatic heterocycles. The van der Waals surface area contributed by atoms with Gasteiger partial charge in [0.25, 0.3) is 0 Å². The van der Waals surface area contributed by atoms with Gasteiger partial charge in [-0.15, -0.1) is 0 Å². The zero-order chi connectivity index (χ0) is 8.39. The van der Waals surface area contributed by atoms with Gasteiger partial charge in [0.1, 0.15) is 0 Å². The van der Waals surface area contributed by atoms with E-state index in [-0.39, 0.29) is 1.43 Å². The highest BCUT2D eigenvalue weighted by Crippen LogP contribution is 2.21. The summed E-state index contributed by atoms with van der Waals surface area (Å²) in [5, 5.41) is 2.96. The molecule has 1 heterocycles. The van der Waals surface area contributed by atoms with Crippen molar-refractivity contribution >= 4 is 12.0 Å². The van der Waals surface area contributed by atoms with Crippen molar-refractivity contribution in [2.75, 3.05) is 5.32 Å². The Morgan fingerprint density at radius 1 is 1.58 bits per heavy atom. The Bertz CT molecular complexity index is 303. The molecule has 0 bridgehead atoms. The molecule has 3 heteroatoms.